The molecule has 1 aromatic rings. The molecule has 0 spiro atoms. The maximum Gasteiger partial charge on any atom is 0.0967 e. The molecule has 2 aliphatic carbocycles. The molecule has 20 heavy (non-hydrogen) atoms. The molecule has 110 valence electrons. The van der Waals surface area contributed by atoms with Crippen LogP contribution in [-0.2, 0) is 12.0 Å². The normalized spacial score (nSPS) is 37.5. The first-order valence-corrected chi connectivity index (χ1v) is 8.12. The Balaban J connectivity index is 2.03. The van der Waals surface area contributed by atoms with Crippen molar-refractivity contribution in [2.24, 2.45) is 17.1 Å². The fraction of sp³-hybridized carbons (Fsp3) is 0.667. The summed E-state index contributed by atoms with van der Waals surface area (Å²) in [6, 6.07) is 8.45. The van der Waals surface area contributed by atoms with E-state index in [9.17, 15) is 5.11 Å². The summed E-state index contributed by atoms with van der Waals surface area (Å²) in [6.07, 6.45) is 7.56. The average molecular weight is 273 g/mol. The number of hydrogen-bond donors (Lipinski definition) is 2. The van der Waals surface area contributed by atoms with Crippen molar-refractivity contribution in [3.8, 4) is 0 Å². The van der Waals surface area contributed by atoms with Gasteiger partial charge in [0.2, 0.25) is 0 Å². The molecule has 1 atom stereocenters. The maximum absolute atomic E-state index is 11.6. The highest BCUT2D eigenvalue weighted by molar-refractivity contribution is 5.37. The standard InChI is InChI=1S/C18H27NO/c1-14-8-11-17(13-19,12-9-14)18(20)10-4-6-15-5-2-3-7-16(15)18/h2-3,5,7,14,20H,4,6,8-13,19H2,1H3. The van der Waals surface area contributed by atoms with Gasteiger partial charge >= 0.3 is 0 Å². The van der Waals surface area contributed by atoms with Crippen LogP contribution in [0.2, 0.25) is 0 Å². The lowest BCUT2D eigenvalue weighted by atomic mass is 9.56. The van der Waals surface area contributed by atoms with Crippen molar-refractivity contribution in [2.75, 3.05) is 6.54 Å². The number of benzene rings is 1. The number of hydrogen-bond acceptors (Lipinski definition) is 2. The third kappa shape index (κ3) is 2.01. The molecule has 1 saturated carbocycles. The molecule has 0 saturated heterocycles. The lowest BCUT2D eigenvalue weighted by Gasteiger charge is -2.52. The van der Waals surface area contributed by atoms with Gasteiger partial charge in [0.1, 0.15) is 0 Å². The van der Waals surface area contributed by atoms with Gasteiger partial charge in [0.25, 0.3) is 0 Å². The summed E-state index contributed by atoms with van der Waals surface area (Å²) in [5, 5.41) is 11.6. The topological polar surface area (TPSA) is 46.2 Å². The number of nitrogens with two attached hydrogens (primary N) is 1. The molecule has 1 fully saturated rings. The van der Waals surface area contributed by atoms with Crippen LogP contribution in [0.25, 0.3) is 0 Å². The van der Waals surface area contributed by atoms with Crippen LogP contribution in [0.1, 0.15) is 56.6 Å². The molecule has 2 nitrogen and oxygen atoms in total. The fourth-order valence-electron chi connectivity index (χ4n) is 4.46. The van der Waals surface area contributed by atoms with Crippen LogP contribution >= 0.6 is 0 Å². The van der Waals surface area contributed by atoms with Crippen LogP contribution in [-0.4, -0.2) is 11.7 Å². The van der Waals surface area contributed by atoms with E-state index < -0.39 is 5.60 Å². The first kappa shape index (κ1) is 14.1. The Hall–Kier alpha value is -0.860. The summed E-state index contributed by atoms with van der Waals surface area (Å²) in [5.74, 6) is 0.775. The highest BCUT2D eigenvalue weighted by Gasteiger charge is 2.52. The zero-order valence-corrected chi connectivity index (χ0v) is 12.6. The van der Waals surface area contributed by atoms with Crippen LogP contribution in [0.4, 0.5) is 0 Å². The summed E-state index contributed by atoms with van der Waals surface area (Å²) >= 11 is 0. The van der Waals surface area contributed by atoms with Gasteiger partial charge < -0.3 is 10.8 Å². The van der Waals surface area contributed by atoms with Crippen LogP contribution in [0, 0.1) is 11.3 Å². The van der Waals surface area contributed by atoms with Crippen molar-refractivity contribution in [1.29, 1.82) is 0 Å². The summed E-state index contributed by atoms with van der Waals surface area (Å²) in [7, 11) is 0. The Morgan fingerprint density at radius 3 is 2.60 bits per heavy atom. The molecule has 0 aliphatic heterocycles. The van der Waals surface area contributed by atoms with Gasteiger partial charge in [-0.25, -0.2) is 0 Å². The predicted octanol–water partition coefficient (Wildman–Crippen LogP) is 3.37. The molecule has 1 unspecified atom stereocenters. The van der Waals surface area contributed by atoms with E-state index in [0.29, 0.717) is 6.54 Å². The second kappa shape index (κ2) is 5.16. The maximum atomic E-state index is 11.6. The van der Waals surface area contributed by atoms with E-state index in [0.717, 1.165) is 43.6 Å². The summed E-state index contributed by atoms with van der Waals surface area (Å²) in [4.78, 5) is 0. The van der Waals surface area contributed by atoms with Gasteiger partial charge in [-0.2, -0.15) is 0 Å². The van der Waals surface area contributed by atoms with Crippen molar-refractivity contribution in [3.05, 3.63) is 35.4 Å². The zero-order valence-electron chi connectivity index (χ0n) is 12.6. The molecule has 3 rings (SSSR count). The van der Waals surface area contributed by atoms with Crippen LogP contribution in [0.15, 0.2) is 24.3 Å². The Morgan fingerprint density at radius 1 is 1.20 bits per heavy atom. The van der Waals surface area contributed by atoms with Gasteiger partial charge in [0, 0.05) is 12.0 Å². The highest BCUT2D eigenvalue weighted by atomic mass is 16.3. The quantitative estimate of drug-likeness (QED) is 0.868. The molecule has 3 N–H and O–H groups in total. The van der Waals surface area contributed by atoms with Crippen molar-refractivity contribution >= 4 is 0 Å². The Kier molecular flexibility index (Phi) is 3.64. The second-order valence-corrected chi connectivity index (χ2v) is 7.04. The van der Waals surface area contributed by atoms with Gasteiger partial charge in [0.05, 0.1) is 5.60 Å². The molecular formula is C18H27NO. The molecule has 0 aromatic heterocycles. The van der Waals surface area contributed by atoms with Crippen molar-refractivity contribution < 1.29 is 5.11 Å². The minimum atomic E-state index is -0.712. The molecular weight excluding hydrogens is 246 g/mol. The molecule has 0 radical (unpaired) electrons. The summed E-state index contributed by atoms with van der Waals surface area (Å²) in [5.41, 5.74) is 7.86. The van der Waals surface area contributed by atoms with Gasteiger partial charge in [-0.15, -0.1) is 0 Å². The summed E-state index contributed by atoms with van der Waals surface area (Å²) in [6.45, 7) is 2.92. The van der Waals surface area contributed by atoms with E-state index in [2.05, 4.69) is 31.2 Å². The Labute approximate surface area is 122 Å². The highest BCUT2D eigenvalue weighted by Crippen LogP contribution is 2.54. The minimum Gasteiger partial charge on any atom is -0.385 e. The third-order valence-corrected chi connectivity index (χ3v) is 5.95. The fourth-order valence-corrected chi connectivity index (χ4v) is 4.46. The van der Waals surface area contributed by atoms with Gasteiger partial charge in [-0.05, 0) is 49.1 Å². The van der Waals surface area contributed by atoms with Crippen LogP contribution in [0.5, 0.6) is 0 Å². The Morgan fingerprint density at radius 2 is 1.90 bits per heavy atom. The third-order valence-electron chi connectivity index (χ3n) is 5.95. The minimum absolute atomic E-state index is 0.115. The van der Waals surface area contributed by atoms with E-state index in [1.807, 2.05) is 0 Å². The van der Waals surface area contributed by atoms with E-state index in [-0.39, 0.29) is 5.41 Å². The SMILES string of the molecule is CC1CCC(CN)(C2(O)CCCc3ccccc32)CC1. The van der Waals surface area contributed by atoms with Gasteiger partial charge in [-0.3, -0.25) is 0 Å². The van der Waals surface area contributed by atoms with Crippen molar-refractivity contribution in [1.82, 2.24) is 0 Å². The number of rotatable bonds is 2. The van der Waals surface area contributed by atoms with Crippen molar-refractivity contribution in [2.45, 2.75) is 57.5 Å². The van der Waals surface area contributed by atoms with Crippen molar-refractivity contribution in [3.63, 3.8) is 0 Å². The Bertz CT molecular complexity index is 476. The molecule has 0 heterocycles. The monoisotopic (exact) mass is 273 g/mol. The number of fused-ring (bicyclic) bond motifs is 1. The van der Waals surface area contributed by atoms with E-state index in [4.69, 9.17) is 5.73 Å². The van der Waals surface area contributed by atoms with Gasteiger partial charge in [0.15, 0.2) is 0 Å². The van der Waals surface area contributed by atoms with Gasteiger partial charge in [-0.1, -0.05) is 44.0 Å². The average Bonchev–Trinajstić information content (AvgIpc) is 2.49. The largest absolute Gasteiger partial charge is 0.385 e. The zero-order chi connectivity index (χ0) is 14.2. The molecule has 0 bridgehead atoms. The number of aryl methyl sites for hydroxylation is 1. The number of aliphatic hydroxyl groups is 1. The lowest BCUT2D eigenvalue weighted by molar-refractivity contribution is -0.122. The summed E-state index contributed by atoms with van der Waals surface area (Å²) < 4.78 is 0. The van der Waals surface area contributed by atoms with E-state index in [1.165, 1.54) is 18.4 Å². The van der Waals surface area contributed by atoms with E-state index >= 15 is 0 Å². The molecule has 1 aromatic carbocycles. The molecule has 2 heteroatoms. The predicted molar refractivity (Wildman–Crippen MR) is 82.4 cm³/mol. The van der Waals surface area contributed by atoms with Crippen LogP contribution in [0.3, 0.4) is 0 Å². The second-order valence-electron chi connectivity index (χ2n) is 7.04. The first-order chi connectivity index (χ1) is 9.61. The first-order valence-electron chi connectivity index (χ1n) is 8.12. The van der Waals surface area contributed by atoms with Crippen LogP contribution < -0.4 is 5.73 Å². The van der Waals surface area contributed by atoms with E-state index in [1.54, 1.807) is 0 Å². The molecule has 0 amide bonds. The lowest BCUT2D eigenvalue weighted by Crippen LogP contribution is -2.53. The molecule has 2 aliphatic rings. The smallest absolute Gasteiger partial charge is 0.0967 e.